The van der Waals surface area contributed by atoms with E-state index in [0.29, 0.717) is 16.5 Å². The molecule has 0 radical (unpaired) electrons. The van der Waals surface area contributed by atoms with Crippen molar-refractivity contribution in [2.24, 2.45) is 0 Å². The Balaban J connectivity index is 1.66. The first kappa shape index (κ1) is 21.0. The molecule has 2 amide bonds. The van der Waals surface area contributed by atoms with Crippen molar-refractivity contribution in [2.75, 3.05) is 14.1 Å². The number of likely N-dealkylation sites (N-methyl/N-ethyl adjacent to an activating group) is 2. The number of hydrogen-bond acceptors (Lipinski definition) is 5. The number of carbonyl (C=O) groups is 2. The van der Waals surface area contributed by atoms with Crippen molar-refractivity contribution in [3.63, 3.8) is 0 Å². The number of nitrogens with zero attached hydrogens (tertiary/aromatic N) is 2. The van der Waals surface area contributed by atoms with E-state index < -0.39 is 28.8 Å². The molecule has 2 heterocycles. The number of hydrogen-bond donors (Lipinski definition) is 4. The van der Waals surface area contributed by atoms with E-state index in [1.54, 1.807) is 42.6 Å². The second-order valence-corrected chi connectivity index (χ2v) is 7.86. The molecular weight excluding hydrogens is 400 g/mol. The van der Waals surface area contributed by atoms with E-state index in [4.69, 9.17) is 0 Å². The smallest absolute Gasteiger partial charge is 0.276 e. The molecule has 1 aliphatic heterocycles. The van der Waals surface area contributed by atoms with Crippen molar-refractivity contribution in [3.05, 3.63) is 71.1 Å². The fourth-order valence-electron chi connectivity index (χ4n) is 4.24. The van der Waals surface area contributed by atoms with Crippen LogP contribution in [0, 0.1) is 5.21 Å². The van der Waals surface area contributed by atoms with Gasteiger partial charge in [0.15, 0.2) is 5.69 Å². The summed E-state index contributed by atoms with van der Waals surface area (Å²) in [4.78, 5) is 31.8. The fraction of sp³-hybridized carbons (Fsp3) is 0.273. The number of fused-ring (bicyclic) bond motifs is 1. The fourth-order valence-corrected chi connectivity index (χ4v) is 4.24. The maximum Gasteiger partial charge on any atom is 0.276 e. The van der Waals surface area contributed by atoms with Gasteiger partial charge in [0.1, 0.15) is 6.04 Å². The van der Waals surface area contributed by atoms with Crippen LogP contribution in [0.3, 0.4) is 0 Å². The third-order valence-electron chi connectivity index (χ3n) is 6.03. The summed E-state index contributed by atoms with van der Waals surface area (Å²) in [5.41, 5.74) is 0.123. The molecule has 3 atom stereocenters. The van der Waals surface area contributed by atoms with Crippen molar-refractivity contribution in [2.45, 2.75) is 24.6 Å². The Kier molecular flexibility index (Phi) is 5.28. The van der Waals surface area contributed by atoms with Crippen LogP contribution < -0.4 is 5.23 Å². The highest BCUT2D eigenvalue weighted by molar-refractivity contribution is 5.99. The monoisotopic (exact) mass is 424 g/mol. The molecule has 0 saturated carbocycles. The molecule has 3 aromatic rings. The summed E-state index contributed by atoms with van der Waals surface area (Å²) in [5.74, 6) is -0.996. The number of piperazine rings is 1. The normalized spacial score (nSPS) is 22.9. The molecule has 31 heavy (non-hydrogen) atoms. The van der Waals surface area contributed by atoms with Crippen molar-refractivity contribution >= 4 is 28.4 Å². The summed E-state index contributed by atoms with van der Waals surface area (Å²) in [6, 6.07) is 13.1. The lowest BCUT2D eigenvalue weighted by atomic mass is 9.92. The van der Waals surface area contributed by atoms with E-state index in [2.05, 4.69) is 4.98 Å². The minimum absolute atomic E-state index is 0.0256. The number of carbonyl (C=O) groups excluding carboxylic acids is 2. The molecule has 4 N–H and O–H groups in total. The molecular formula is C22H24N4O5. The van der Waals surface area contributed by atoms with Crippen LogP contribution in [0.4, 0.5) is 5.69 Å². The van der Waals surface area contributed by atoms with Gasteiger partial charge >= 0.3 is 0 Å². The highest BCUT2D eigenvalue weighted by Gasteiger charge is 2.52. The second kappa shape index (κ2) is 7.78. The maximum atomic E-state index is 13.2. The van der Waals surface area contributed by atoms with Crippen molar-refractivity contribution < 1.29 is 25.1 Å². The second-order valence-electron chi connectivity index (χ2n) is 7.86. The van der Waals surface area contributed by atoms with E-state index in [-0.39, 0.29) is 18.5 Å². The number of aliphatic hydroxyl groups is 1. The molecule has 1 unspecified atom stereocenters. The van der Waals surface area contributed by atoms with E-state index in [1.165, 1.54) is 25.1 Å². The average molecular weight is 424 g/mol. The van der Waals surface area contributed by atoms with Crippen LogP contribution in [0.5, 0.6) is 0 Å². The molecule has 162 valence electrons. The molecule has 2 aromatic carbocycles. The summed E-state index contributed by atoms with van der Waals surface area (Å²) in [7, 11) is 2.90. The van der Waals surface area contributed by atoms with Crippen LogP contribution in [-0.2, 0) is 22.4 Å². The largest absolute Gasteiger partial charge is 0.595 e. The first-order valence-corrected chi connectivity index (χ1v) is 9.87. The highest BCUT2D eigenvalue weighted by Crippen LogP contribution is 2.31. The number of H-pyrrole nitrogens is 1. The van der Waals surface area contributed by atoms with Gasteiger partial charge in [-0.3, -0.25) is 9.59 Å². The predicted octanol–water partition coefficient (Wildman–Crippen LogP) is 0.344. The maximum absolute atomic E-state index is 13.2. The zero-order chi connectivity index (χ0) is 22.3. The van der Waals surface area contributed by atoms with Gasteiger partial charge in [0.2, 0.25) is 11.6 Å². The molecule has 0 aliphatic carbocycles. The summed E-state index contributed by atoms with van der Waals surface area (Å²) >= 11 is 0. The van der Waals surface area contributed by atoms with Gasteiger partial charge in [-0.15, -0.1) is 0 Å². The number of nitrogens with one attached hydrogen (secondary N) is 2. The third-order valence-corrected chi connectivity index (χ3v) is 6.03. The van der Waals surface area contributed by atoms with Gasteiger partial charge in [-0.05, 0) is 17.2 Å². The predicted molar refractivity (Wildman–Crippen MR) is 112 cm³/mol. The minimum Gasteiger partial charge on any atom is -0.595 e. The topological polar surface area (TPSA) is 124 Å². The SMILES string of the molecule is CN1C(=O)[C@](O)(Cc2ccccc2)N(C)C(=O)[C@@H]1Cc1c[nH]c2cccc([NH+]([O-])O)c12. The Morgan fingerprint density at radius 1 is 1.13 bits per heavy atom. The number of benzene rings is 2. The van der Waals surface area contributed by atoms with Gasteiger partial charge in [-0.2, -0.15) is 5.23 Å². The Hall–Kier alpha value is -3.24. The van der Waals surface area contributed by atoms with Crippen LogP contribution in [0.1, 0.15) is 11.1 Å². The van der Waals surface area contributed by atoms with Crippen LogP contribution in [0.15, 0.2) is 54.7 Å². The Morgan fingerprint density at radius 3 is 2.52 bits per heavy atom. The molecule has 0 bridgehead atoms. The molecule has 1 saturated heterocycles. The number of rotatable bonds is 5. The lowest BCUT2D eigenvalue weighted by Gasteiger charge is -2.47. The summed E-state index contributed by atoms with van der Waals surface area (Å²) in [6.07, 6.45) is 1.76. The Bertz CT molecular complexity index is 1130. The molecule has 1 aromatic heterocycles. The van der Waals surface area contributed by atoms with Crippen LogP contribution >= 0.6 is 0 Å². The molecule has 9 nitrogen and oxygen atoms in total. The van der Waals surface area contributed by atoms with Crippen LogP contribution in [0.25, 0.3) is 10.9 Å². The van der Waals surface area contributed by atoms with Gasteiger partial charge in [0.25, 0.3) is 5.91 Å². The highest BCUT2D eigenvalue weighted by atomic mass is 16.8. The zero-order valence-electron chi connectivity index (χ0n) is 17.2. The number of aromatic amines is 1. The molecule has 4 rings (SSSR count). The van der Waals surface area contributed by atoms with Gasteiger partial charge in [-0.25, -0.2) is 5.21 Å². The summed E-state index contributed by atoms with van der Waals surface area (Å²) in [5, 5.41) is 31.8. The first-order valence-electron chi connectivity index (χ1n) is 9.87. The van der Waals surface area contributed by atoms with Crippen molar-refractivity contribution in [1.82, 2.24) is 14.8 Å². The lowest BCUT2D eigenvalue weighted by Crippen LogP contribution is -2.99. The molecule has 0 spiro atoms. The molecule has 9 heteroatoms. The van der Waals surface area contributed by atoms with Gasteiger partial charge in [0.05, 0.1) is 10.9 Å². The van der Waals surface area contributed by atoms with E-state index in [1.807, 2.05) is 6.07 Å². The standard InChI is InChI=1S/C22H24N4O5/c1-24-18(11-15-13-23-16-9-6-10-17(19(15)16)26(30)31)20(27)25(2)22(29,21(24)28)12-14-7-4-3-5-8-14/h3-10,13,18,23,26,29-30H,11-12H2,1-2H3/t18-,22+/m0/s1. The molecule has 1 fully saturated rings. The first-order chi connectivity index (χ1) is 14.7. The van der Waals surface area contributed by atoms with Crippen molar-refractivity contribution in [1.29, 1.82) is 0 Å². The Labute approximate surface area is 178 Å². The van der Waals surface area contributed by atoms with Gasteiger partial charge in [0, 0.05) is 39.2 Å². The van der Waals surface area contributed by atoms with E-state index in [9.17, 15) is 25.1 Å². The van der Waals surface area contributed by atoms with Crippen LogP contribution in [0.2, 0.25) is 0 Å². The van der Waals surface area contributed by atoms with E-state index in [0.717, 1.165) is 10.5 Å². The lowest BCUT2D eigenvalue weighted by molar-refractivity contribution is -0.990. The van der Waals surface area contributed by atoms with Gasteiger partial charge in [-0.1, -0.05) is 36.4 Å². The average Bonchev–Trinajstić information content (AvgIpc) is 3.18. The Morgan fingerprint density at radius 2 is 1.84 bits per heavy atom. The quantitative estimate of drug-likeness (QED) is 0.440. The summed E-state index contributed by atoms with van der Waals surface area (Å²) in [6.45, 7) is 0. The van der Waals surface area contributed by atoms with Gasteiger partial charge < -0.3 is 25.1 Å². The molecule has 1 aliphatic rings. The third kappa shape index (κ3) is 3.47. The van der Waals surface area contributed by atoms with E-state index >= 15 is 0 Å². The summed E-state index contributed by atoms with van der Waals surface area (Å²) < 4.78 is 0. The number of quaternary nitrogens is 1. The van der Waals surface area contributed by atoms with Crippen molar-refractivity contribution in [3.8, 4) is 0 Å². The number of amides is 2. The minimum atomic E-state index is -1.99. The number of aromatic nitrogens is 1. The zero-order valence-corrected chi connectivity index (χ0v) is 17.2. The van der Waals surface area contributed by atoms with Crippen LogP contribution in [-0.4, -0.2) is 62.8 Å².